The predicted molar refractivity (Wildman–Crippen MR) is 76.5 cm³/mol. The van der Waals surface area contributed by atoms with Crippen molar-refractivity contribution < 1.29 is 5.11 Å². The zero-order valence-corrected chi connectivity index (χ0v) is 11.2. The molecule has 0 fully saturated rings. The van der Waals surface area contributed by atoms with Crippen LogP contribution in [0, 0.1) is 0 Å². The van der Waals surface area contributed by atoms with Gasteiger partial charge in [0.1, 0.15) is 5.75 Å². The minimum Gasteiger partial charge on any atom is -0.508 e. The summed E-state index contributed by atoms with van der Waals surface area (Å²) in [5.41, 5.74) is 3.79. The molecule has 0 unspecified atom stereocenters. The topological polar surface area (TPSA) is 56.6 Å². The van der Waals surface area contributed by atoms with Crippen LogP contribution in [0.2, 0.25) is 0 Å². The highest BCUT2D eigenvalue weighted by Gasteiger charge is 2.16. The van der Waals surface area contributed by atoms with Gasteiger partial charge in [-0.3, -0.25) is 4.99 Å². The Kier molecular flexibility index (Phi) is 3.58. The summed E-state index contributed by atoms with van der Waals surface area (Å²) in [6.45, 7) is 2.51. The summed E-state index contributed by atoms with van der Waals surface area (Å²) >= 11 is 0. The Hall–Kier alpha value is -1.71. The molecule has 102 valence electrons. The largest absolute Gasteiger partial charge is 0.508 e. The number of aryl methyl sites for hydroxylation is 1. The highest BCUT2D eigenvalue weighted by atomic mass is 16.3. The molecule has 0 atom stereocenters. The number of guanidine groups is 1. The van der Waals surface area contributed by atoms with E-state index in [0.717, 1.165) is 43.9 Å². The molecule has 1 aromatic rings. The molecule has 1 aliphatic heterocycles. The monoisotopic (exact) mass is 259 g/mol. The zero-order valence-electron chi connectivity index (χ0n) is 11.2. The average molecular weight is 259 g/mol. The molecule has 4 heteroatoms. The van der Waals surface area contributed by atoms with Gasteiger partial charge in [0.25, 0.3) is 0 Å². The van der Waals surface area contributed by atoms with Crippen molar-refractivity contribution in [1.82, 2.24) is 10.6 Å². The van der Waals surface area contributed by atoms with E-state index in [9.17, 15) is 5.11 Å². The number of phenols is 1. The van der Waals surface area contributed by atoms with Crippen LogP contribution in [0.5, 0.6) is 5.75 Å². The first kappa shape index (κ1) is 12.3. The summed E-state index contributed by atoms with van der Waals surface area (Å²) in [7, 11) is 0. The van der Waals surface area contributed by atoms with E-state index in [1.807, 2.05) is 6.07 Å². The molecule has 1 aromatic carbocycles. The van der Waals surface area contributed by atoms with Gasteiger partial charge in [-0.15, -0.1) is 0 Å². The summed E-state index contributed by atoms with van der Waals surface area (Å²) in [5.74, 6) is 1.27. The second-order valence-corrected chi connectivity index (χ2v) is 5.27. The first-order valence-electron chi connectivity index (χ1n) is 7.19. The number of nitrogens with one attached hydrogen (secondary N) is 2. The second-order valence-electron chi connectivity index (χ2n) is 5.27. The third-order valence-corrected chi connectivity index (χ3v) is 3.96. The van der Waals surface area contributed by atoms with Gasteiger partial charge in [0.15, 0.2) is 5.96 Å². The van der Waals surface area contributed by atoms with Crippen molar-refractivity contribution in [3.05, 3.63) is 28.8 Å². The molecule has 0 aromatic heterocycles. The molecular weight excluding hydrogens is 238 g/mol. The molecule has 0 saturated heterocycles. The van der Waals surface area contributed by atoms with Gasteiger partial charge < -0.3 is 15.7 Å². The van der Waals surface area contributed by atoms with Gasteiger partial charge in [-0.1, -0.05) is 6.07 Å². The minimum absolute atomic E-state index is 0.407. The fraction of sp³-hybridized carbons (Fsp3) is 0.533. The van der Waals surface area contributed by atoms with E-state index >= 15 is 0 Å². The lowest BCUT2D eigenvalue weighted by molar-refractivity contribution is 0.464. The van der Waals surface area contributed by atoms with Crippen molar-refractivity contribution in [2.45, 2.75) is 38.6 Å². The Morgan fingerprint density at radius 1 is 1.21 bits per heavy atom. The van der Waals surface area contributed by atoms with Crippen molar-refractivity contribution in [3.63, 3.8) is 0 Å². The summed E-state index contributed by atoms with van der Waals surface area (Å²) in [6, 6.07) is 3.90. The van der Waals surface area contributed by atoms with E-state index in [0.29, 0.717) is 12.3 Å². The Bertz CT molecular complexity index is 496. The van der Waals surface area contributed by atoms with Gasteiger partial charge in [0.05, 0.1) is 0 Å². The van der Waals surface area contributed by atoms with Crippen molar-refractivity contribution >= 4 is 5.96 Å². The van der Waals surface area contributed by atoms with Gasteiger partial charge >= 0.3 is 0 Å². The van der Waals surface area contributed by atoms with Gasteiger partial charge in [-0.05, 0) is 49.3 Å². The van der Waals surface area contributed by atoms with Crippen molar-refractivity contribution in [3.8, 4) is 5.75 Å². The highest BCUT2D eigenvalue weighted by molar-refractivity contribution is 5.80. The molecule has 0 saturated carbocycles. The van der Waals surface area contributed by atoms with Crippen LogP contribution < -0.4 is 10.6 Å². The molecule has 0 spiro atoms. The fourth-order valence-electron chi connectivity index (χ4n) is 2.91. The molecule has 19 heavy (non-hydrogen) atoms. The highest BCUT2D eigenvalue weighted by Crippen LogP contribution is 2.30. The normalized spacial score (nSPS) is 18.2. The van der Waals surface area contributed by atoms with Crippen LogP contribution >= 0.6 is 0 Å². The number of phenolic OH excluding ortho intramolecular Hbond substituents is 1. The smallest absolute Gasteiger partial charge is 0.191 e. The average Bonchev–Trinajstić information content (AvgIpc) is 2.47. The summed E-state index contributed by atoms with van der Waals surface area (Å²) in [6.07, 6.45) is 5.81. The minimum atomic E-state index is 0.407. The Labute approximate surface area is 113 Å². The lowest BCUT2D eigenvalue weighted by Crippen LogP contribution is -2.40. The van der Waals surface area contributed by atoms with Crippen LogP contribution in [-0.4, -0.2) is 24.2 Å². The number of rotatable bonds is 2. The fourth-order valence-corrected chi connectivity index (χ4v) is 2.91. The molecule has 4 nitrogen and oxygen atoms in total. The van der Waals surface area contributed by atoms with E-state index in [1.165, 1.54) is 24.0 Å². The van der Waals surface area contributed by atoms with E-state index in [1.54, 1.807) is 0 Å². The van der Waals surface area contributed by atoms with E-state index in [2.05, 4.69) is 21.7 Å². The van der Waals surface area contributed by atoms with Crippen LogP contribution in [0.4, 0.5) is 0 Å². The predicted octanol–water partition coefficient (Wildman–Crippen LogP) is 1.71. The molecular formula is C15H21N3O. The molecule has 1 heterocycles. The van der Waals surface area contributed by atoms with Crippen molar-refractivity contribution in [1.29, 1.82) is 0 Å². The van der Waals surface area contributed by atoms with Gasteiger partial charge in [0, 0.05) is 25.2 Å². The number of hydrogen-bond acceptors (Lipinski definition) is 4. The molecule has 3 N–H and O–H groups in total. The maximum atomic E-state index is 10.1. The third-order valence-electron chi connectivity index (χ3n) is 3.96. The number of nitrogens with zero attached hydrogens (tertiary/aromatic N) is 1. The first-order valence-corrected chi connectivity index (χ1v) is 7.19. The van der Waals surface area contributed by atoms with Crippen LogP contribution in [-0.2, 0) is 19.4 Å². The number of aliphatic imine (C=N–C) groups is 1. The lowest BCUT2D eigenvalue weighted by atomic mass is 9.88. The van der Waals surface area contributed by atoms with E-state index < -0.39 is 0 Å². The van der Waals surface area contributed by atoms with Crippen LogP contribution in [0.25, 0.3) is 0 Å². The number of fused-ring (bicyclic) bond motifs is 1. The summed E-state index contributed by atoms with van der Waals surface area (Å²) in [4.78, 5) is 4.40. The van der Waals surface area contributed by atoms with Crippen molar-refractivity contribution in [2.24, 2.45) is 4.99 Å². The van der Waals surface area contributed by atoms with Crippen molar-refractivity contribution in [2.75, 3.05) is 13.1 Å². The van der Waals surface area contributed by atoms with E-state index in [-0.39, 0.29) is 0 Å². The van der Waals surface area contributed by atoms with Crippen LogP contribution in [0.3, 0.4) is 0 Å². The molecule has 1 aliphatic carbocycles. The Morgan fingerprint density at radius 2 is 2.11 bits per heavy atom. The second kappa shape index (κ2) is 5.51. The van der Waals surface area contributed by atoms with Gasteiger partial charge in [-0.2, -0.15) is 0 Å². The molecule has 3 rings (SSSR count). The van der Waals surface area contributed by atoms with Crippen LogP contribution in [0.1, 0.15) is 36.0 Å². The molecule has 0 amide bonds. The van der Waals surface area contributed by atoms with Crippen LogP contribution in [0.15, 0.2) is 17.1 Å². The van der Waals surface area contributed by atoms with E-state index in [4.69, 9.17) is 0 Å². The lowest BCUT2D eigenvalue weighted by Gasteiger charge is -2.22. The van der Waals surface area contributed by atoms with Gasteiger partial charge in [-0.25, -0.2) is 0 Å². The first-order chi connectivity index (χ1) is 9.34. The molecule has 0 radical (unpaired) electrons. The number of hydrogen-bond donors (Lipinski definition) is 3. The summed E-state index contributed by atoms with van der Waals surface area (Å²) < 4.78 is 0. The number of benzene rings is 1. The Morgan fingerprint density at radius 3 is 2.95 bits per heavy atom. The SMILES string of the molecule is Oc1ccc2c(c1CNC1=NCCCN1)CCCC2. The summed E-state index contributed by atoms with van der Waals surface area (Å²) in [5, 5.41) is 16.6. The van der Waals surface area contributed by atoms with Gasteiger partial charge in [0.2, 0.25) is 0 Å². The number of aromatic hydroxyl groups is 1. The quantitative estimate of drug-likeness (QED) is 0.758. The standard InChI is InChI=1S/C15H21N3O/c19-14-7-6-11-4-1-2-5-12(11)13(14)10-18-15-16-8-3-9-17-15/h6-7,19H,1-5,8-10H2,(H2,16,17,18). The molecule has 0 bridgehead atoms. The maximum absolute atomic E-state index is 10.1. The third kappa shape index (κ3) is 2.67. The Balaban J connectivity index is 1.78. The maximum Gasteiger partial charge on any atom is 0.191 e. The zero-order chi connectivity index (χ0) is 13.1. The molecule has 2 aliphatic rings.